The zero-order valence-corrected chi connectivity index (χ0v) is 11.8. The number of methoxy groups -OCH3 is 1. The lowest BCUT2D eigenvalue weighted by Gasteiger charge is -2.12. The van der Waals surface area contributed by atoms with Crippen molar-refractivity contribution in [3.8, 4) is 0 Å². The quantitative estimate of drug-likeness (QED) is 0.659. The third-order valence-corrected chi connectivity index (χ3v) is 3.00. The van der Waals surface area contributed by atoms with Crippen molar-refractivity contribution in [2.45, 2.75) is 13.3 Å². The van der Waals surface area contributed by atoms with Crippen molar-refractivity contribution in [2.24, 2.45) is 7.05 Å². The first-order valence-electron chi connectivity index (χ1n) is 6.33. The number of aromatic nitrogens is 2. The fourth-order valence-electron chi connectivity index (χ4n) is 2.02. The molecule has 0 unspecified atom stereocenters. The van der Waals surface area contributed by atoms with Gasteiger partial charge in [-0.1, -0.05) is 13.0 Å². The SMILES string of the molecule is CCc1nn(C)cc1Nc1c(N)cccc1C(=O)OC. The summed E-state index contributed by atoms with van der Waals surface area (Å²) in [5.74, 6) is -0.429. The summed E-state index contributed by atoms with van der Waals surface area (Å²) >= 11 is 0. The molecule has 0 aliphatic carbocycles. The van der Waals surface area contributed by atoms with E-state index in [9.17, 15) is 4.79 Å². The number of aryl methyl sites for hydroxylation is 2. The molecule has 0 spiro atoms. The first kappa shape index (κ1) is 13.9. The number of carbonyl (C=O) groups is 1. The van der Waals surface area contributed by atoms with Gasteiger partial charge in [0.05, 0.1) is 35.4 Å². The van der Waals surface area contributed by atoms with Crippen molar-refractivity contribution in [3.05, 3.63) is 35.7 Å². The Bertz CT molecular complexity index is 634. The maximum atomic E-state index is 11.8. The number of rotatable bonds is 4. The number of hydrogen-bond acceptors (Lipinski definition) is 5. The molecule has 6 nitrogen and oxygen atoms in total. The van der Waals surface area contributed by atoms with Gasteiger partial charge in [-0.3, -0.25) is 4.68 Å². The fraction of sp³-hybridized carbons (Fsp3) is 0.286. The maximum Gasteiger partial charge on any atom is 0.340 e. The van der Waals surface area contributed by atoms with Crippen molar-refractivity contribution in [2.75, 3.05) is 18.2 Å². The molecule has 6 heteroatoms. The smallest absolute Gasteiger partial charge is 0.340 e. The molecule has 0 saturated heterocycles. The van der Waals surface area contributed by atoms with E-state index in [2.05, 4.69) is 10.4 Å². The summed E-state index contributed by atoms with van der Waals surface area (Å²) < 4.78 is 6.50. The van der Waals surface area contributed by atoms with E-state index in [1.54, 1.807) is 22.9 Å². The zero-order chi connectivity index (χ0) is 14.7. The van der Waals surface area contributed by atoms with Crippen molar-refractivity contribution >= 4 is 23.0 Å². The Morgan fingerprint density at radius 2 is 2.25 bits per heavy atom. The molecule has 106 valence electrons. The summed E-state index contributed by atoms with van der Waals surface area (Å²) in [6.07, 6.45) is 2.63. The van der Waals surface area contributed by atoms with Crippen LogP contribution in [-0.4, -0.2) is 22.9 Å². The lowest BCUT2D eigenvalue weighted by molar-refractivity contribution is 0.0602. The largest absolute Gasteiger partial charge is 0.465 e. The number of para-hydroxylation sites is 1. The van der Waals surface area contributed by atoms with E-state index < -0.39 is 5.97 Å². The summed E-state index contributed by atoms with van der Waals surface area (Å²) in [6.45, 7) is 2.02. The highest BCUT2D eigenvalue weighted by molar-refractivity contribution is 5.99. The van der Waals surface area contributed by atoms with Gasteiger partial charge in [0.15, 0.2) is 0 Å². The summed E-state index contributed by atoms with van der Waals surface area (Å²) in [6, 6.07) is 5.13. The fourth-order valence-corrected chi connectivity index (χ4v) is 2.02. The molecule has 1 aromatic carbocycles. The van der Waals surface area contributed by atoms with Crippen molar-refractivity contribution in [1.29, 1.82) is 0 Å². The van der Waals surface area contributed by atoms with Gasteiger partial charge in [0.2, 0.25) is 0 Å². The summed E-state index contributed by atoms with van der Waals surface area (Å²) in [5.41, 5.74) is 9.13. The molecule has 0 fully saturated rings. The summed E-state index contributed by atoms with van der Waals surface area (Å²) in [4.78, 5) is 11.8. The average molecular weight is 274 g/mol. The van der Waals surface area contributed by atoms with E-state index in [1.165, 1.54) is 7.11 Å². The second kappa shape index (κ2) is 5.64. The molecule has 0 atom stereocenters. The zero-order valence-electron chi connectivity index (χ0n) is 11.8. The van der Waals surface area contributed by atoms with Gasteiger partial charge in [-0.2, -0.15) is 5.10 Å². The number of carbonyl (C=O) groups excluding carboxylic acids is 1. The van der Waals surface area contributed by atoms with E-state index in [0.29, 0.717) is 16.9 Å². The van der Waals surface area contributed by atoms with Crippen LogP contribution in [0.1, 0.15) is 23.0 Å². The normalized spacial score (nSPS) is 10.3. The number of nitrogens with two attached hydrogens (primary N) is 1. The van der Waals surface area contributed by atoms with Crippen molar-refractivity contribution in [1.82, 2.24) is 9.78 Å². The van der Waals surface area contributed by atoms with Gasteiger partial charge in [0, 0.05) is 13.2 Å². The van der Waals surface area contributed by atoms with E-state index in [-0.39, 0.29) is 0 Å². The number of esters is 1. The van der Waals surface area contributed by atoms with E-state index in [1.807, 2.05) is 20.2 Å². The molecular formula is C14H18N4O2. The molecule has 20 heavy (non-hydrogen) atoms. The number of anilines is 3. The Morgan fingerprint density at radius 1 is 1.50 bits per heavy atom. The van der Waals surface area contributed by atoms with Gasteiger partial charge in [0.1, 0.15) is 0 Å². The van der Waals surface area contributed by atoms with Crippen molar-refractivity contribution in [3.63, 3.8) is 0 Å². The molecule has 3 N–H and O–H groups in total. The number of nitrogens with one attached hydrogen (secondary N) is 1. The third-order valence-electron chi connectivity index (χ3n) is 3.00. The Balaban J connectivity index is 2.44. The predicted molar refractivity (Wildman–Crippen MR) is 78.1 cm³/mol. The molecule has 0 bridgehead atoms. The molecule has 0 saturated carbocycles. The van der Waals surface area contributed by atoms with Gasteiger partial charge < -0.3 is 15.8 Å². The molecule has 0 radical (unpaired) electrons. The van der Waals surface area contributed by atoms with Crippen LogP contribution in [0.5, 0.6) is 0 Å². The molecule has 1 aromatic heterocycles. The summed E-state index contributed by atoms with van der Waals surface area (Å²) in [7, 11) is 3.19. The Kier molecular flexibility index (Phi) is 3.93. The lowest BCUT2D eigenvalue weighted by Crippen LogP contribution is -2.08. The van der Waals surface area contributed by atoms with Crippen molar-refractivity contribution < 1.29 is 9.53 Å². The second-order valence-corrected chi connectivity index (χ2v) is 4.40. The monoisotopic (exact) mass is 274 g/mol. The first-order chi connectivity index (χ1) is 9.56. The molecule has 0 amide bonds. The third kappa shape index (κ3) is 2.59. The van der Waals surface area contributed by atoms with Crippen LogP contribution >= 0.6 is 0 Å². The van der Waals surface area contributed by atoms with Gasteiger partial charge in [-0.25, -0.2) is 4.79 Å². The van der Waals surface area contributed by atoms with Gasteiger partial charge >= 0.3 is 5.97 Å². The van der Waals surface area contributed by atoms with E-state index >= 15 is 0 Å². The number of ether oxygens (including phenoxy) is 1. The first-order valence-corrected chi connectivity index (χ1v) is 6.33. The topological polar surface area (TPSA) is 82.2 Å². The second-order valence-electron chi connectivity index (χ2n) is 4.40. The molecule has 1 heterocycles. The summed E-state index contributed by atoms with van der Waals surface area (Å²) in [5, 5.41) is 7.53. The van der Waals surface area contributed by atoms with E-state index in [4.69, 9.17) is 10.5 Å². The number of hydrogen-bond donors (Lipinski definition) is 2. The minimum absolute atomic E-state index is 0.401. The van der Waals surface area contributed by atoms with Crippen LogP contribution in [0.4, 0.5) is 17.1 Å². The number of nitrogens with zero attached hydrogens (tertiary/aromatic N) is 2. The van der Waals surface area contributed by atoms with Gasteiger partial charge in [-0.15, -0.1) is 0 Å². The minimum Gasteiger partial charge on any atom is -0.465 e. The van der Waals surface area contributed by atoms with Gasteiger partial charge in [-0.05, 0) is 18.6 Å². The van der Waals surface area contributed by atoms with Crippen LogP contribution in [0.25, 0.3) is 0 Å². The Morgan fingerprint density at radius 3 is 2.90 bits per heavy atom. The lowest BCUT2D eigenvalue weighted by atomic mass is 10.1. The molecule has 2 rings (SSSR count). The predicted octanol–water partition coefficient (Wildman–Crippen LogP) is 2.09. The molecular weight excluding hydrogens is 256 g/mol. The van der Waals surface area contributed by atoms with Crippen LogP contribution in [0.2, 0.25) is 0 Å². The average Bonchev–Trinajstić information content (AvgIpc) is 2.80. The molecule has 0 aliphatic rings. The van der Waals surface area contributed by atoms with Crippen LogP contribution in [0, 0.1) is 0 Å². The molecule has 0 aliphatic heterocycles. The van der Waals surface area contributed by atoms with E-state index in [0.717, 1.165) is 17.8 Å². The molecule has 2 aromatic rings. The van der Waals surface area contributed by atoms with Crippen LogP contribution < -0.4 is 11.1 Å². The highest BCUT2D eigenvalue weighted by Crippen LogP contribution is 2.29. The van der Waals surface area contributed by atoms with Crippen LogP contribution in [-0.2, 0) is 18.2 Å². The highest BCUT2D eigenvalue weighted by Gasteiger charge is 2.16. The number of benzene rings is 1. The Hall–Kier alpha value is -2.50. The maximum absolute atomic E-state index is 11.8. The standard InChI is InChI=1S/C14H18N4O2/c1-4-11-12(8-18(2)17-11)16-13-9(14(19)20-3)6-5-7-10(13)15/h5-8,16H,4,15H2,1-3H3. The van der Waals surface area contributed by atoms with Gasteiger partial charge in [0.25, 0.3) is 0 Å². The minimum atomic E-state index is -0.429. The Labute approximate surface area is 117 Å². The van der Waals surface area contributed by atoms with Crippen LogP contribution in [0.3, 0.4) is 0 Å². The number of nitrogen functional groups attached to an aromatic ring is 1. The van der Waals surface area contributed by atoms with Crippen LogP contribution in [0.15, 0.2) is 24.4 Å². The highest BCUT2D eigenvalue weighted by atomic mass is 16.5.